The second-order valence-electron chi connectivity index (χ2n) is 4.25. The average molecular weight is 242 g/mol. The average Bonchev–Trinajstić information content (AvgIpc) is 2.42. The molecule has 2 heterocycles. The Morgan fingerprint density at radius 2 is 2.06 bits per heavy atom. The topological polar surface area (TPSA) is 50.7 Å². The van der Waals surface area contributed by atoms with Crippen molar-refractivity contribution in [1.29, 1.82) is 0 Å². The van der Waals surface area contributed by atoms with Crippen molar-refractivity contribution in [2.75, 3.05) is 6.54 Å². The summed E-state index contributed by atoms with van der Waals surface area (Å²) in [5.41, 5.74) is 3.07. The summed E-state index contributed by atoms with van der Waals surface area (Å²) < 4.78 is 0. The van der Waals surface area contributed by atoms with Crippen molar-refractivity contribution >= 4 is 0 Å². The summed E-state index contributed by atoms with van der Waals surface area (Å²) in [4.78, 5) is 12.9. The van der Waals surface area contributed by atoms with E-state index >= 15 is 0 Å². The summed E-state index contributed by atoms with van der Waals surface area (Å²) >= 11 is 0. The van der Waals surface area contributed by atoms with Gasteiger partial charge in [-0.05, 0) is 31.5 Å². The fraction of sp³-hybridized carbons (Fsp3) is 0.357. The van der Waals surface area contributed by atoms with E-state index in [0.717, 1.165) is 29.9 Å². The molecule has 0 saturated carbocycles. The van der Waals surface area contributed by atoms with E-state index in [0.29, 0.717) is 0 Å². The Hall–Kier alpha value is -1.81. The molecular formula is C14H18N4. The quantitative estimate of drug-likeness (QED) is 0.873. The lowest BCUT2D eigenvalue weighted by atomic mass is 10.1. The zero-order valence-corrected chi connectivity index (χ0v) is 10.8. The van der Waals surface area contributed by atoms with Gasteiger partial charge in [-0.3, -0.25) is 15.0 Å². The standard InChI is InChI=1S/C14H18N4/c1-3-6-17-14(13-10-15-7-8-16-13)12-5-4-11(2)18-9-12/h4-5,7-10,14,17H,3,6H2,1-2H3. The highest BCUT2D eigenvalue weighted by molar-refractivity contribution is 5.25. The van der Waals surface area contributed by atoms with Gasteiger partial charge in [0, 0.05) is 24.3 Å². The molecule has 0 amide bonds. The second-order valence-corrected chi connectivity index (χ2v) is 4.25. The van der Waals surface area contributed by atoms with Crippen LogP contribution in [0.3, 0.4) is 0 Å². The van der Waals surface area contributed by atoms with Gasteiger partial charge >= 0.3 is 0 Å². The maximum absolute atomic E-state index is 4.38. The number of hydrogen-bond acceptors (Lipinski definition) is 4. The Morgan fingerprint density at radius 1 is 1.17 bits per heavy atom. The number of nitrogens with one attached hydrogen (secondary N) is 1. The lowest BCUT2D eigenvalue weighted by Crippen LogP contribution is -2.24. The van der Waals surface area contributed by atoms with Crippen LogP contribution in [-0.4, -0.2) is 21.5 Å². The van der Waals surface area contributed by atoms with Crippen LogP contribution >= 0.6 is 0 Å². The van der Waals surface area contributed by atoms with Gasteiger partial charge in [0.15, 0.2) is 0 Å². The summed E-state index contributed by atoms with van der Waals surface area (Å²) in [6.45, 7) is 5.07. The van der Waals surface area contributed by atoms with Gasteiger partial charge in [0.2, 0.25) is 0 Å². The third-order valence-electron chi connectivity index (χ3n) is 2.74. The molecule has 2 rings (SSSR count). The molecule has 4 heteroatoms. The summed E-state index contributed by atoms with van der Waals surface area (Å²) in [5, 5.41) is 3.48. The van der Waals surface area contributed by atoms with E-state index in [-0.39, 0.29) is 6.04 Å². The molecule has 1 atom stereocenters. The van der Waals surface area contributed by atoms with Gasteiger partial charge in [0.25, 0.3) is 0 Å². The minimum Gasteiger partial charge on any atom is -0.305 e. The summed E-state index contributed by atoms with van der Waals surface area (Å²) in [5.74, 6) is 0. The predicted octanol–water partition coefficient (Wildman–Crippen LogP) is 2.27. The third kappa shape index (κ3) is 3.11. The molecule has 0 aliphatic carbocycles. The largest absolute Gasteiger partial charge is 0.305 e. The molecule has 1 unspecified atom stereocenters. The molecule has 0 radical (unpaired) electrons. The van der Waals surface area contributed by atoms with Crippen molar-refractivity contribution in [2.45, 2.75) is 26.3 Å². The van der Waals surface area contributed by atoms with E-state index in [1.165, 1.54) is 0 Å². The Bertz CT molecular complexity index is 467. The van der Waals surface area contributed by atoms with Crippen molar-refractivity contribution in [3.05, 3.63) is 53.9 Å². The molecule has 4 nitrogen and oxygen atoms in total. The number of nitrogens with zero attached hydrogens (tertiary/aromatic N) is 3. The molecule has 2 aromatic heterocycles. The van der Waals surface area contributed by atoms with Crippen LogP contribution in [0.2, 0.25) is 0 Å². The molecule has 0 aromatic carbocycles. The number of aryl methyl sites for hydroxylation is 1. The van der Waals surface area contributed by atoms with E-state index < -0.39 is 0 Å². The van der Waals surface area contributed by atoms with E-state index in [1.807, 2.05) is 19.2 Å². The SMILES string of the molecule is CCCNC(c1ccc(C)nc1)c1cnccn1. The van der Waals surface area contributed by atoms with Crippen LogP contribution < -0.4 is 5.32 Å². The van der Waals surface area contributed by atoms with Crippen LogP contribution in [0.5, 0.6) is 0 Å². The third-order valence-corrected chi connectivity index (χ3v) is 2.74. The highest BCUT2D eigenvalue weighted by Crippen LogP contribution is 2.18. The zero-order chi connectivity index (χ0) is 12.8. The maximum atomic E-state index is 4.38. The fourth-order valence-electron chi connectivity index (χ4n) is 1.79. The van der Waals surface area contributed by atoms with Crippen molar-refractivity contribution in [3.63, 3.8) is 0 Å². The highest BCUT2D eigenvalue weighted by atomic mass is 14.9. The number of hydrogen-bond donors (Lipinski definition) is 1. The van der Waals surface area contributed by atoms with Crippen LogP contribution in [0.4, 0.5) is 0 Å². The van der Waals surface area contributed by atoms with Gasteiger partial charge in [-0.25, -0.2) is 0 Å². The molecule has 18 heavy (non-hydrogen) atoms. The number of rotatable bonds is 5. The minimum atomic E-state index is 0.0618. The Labute approximate surface area is 108 Å². The van der Waals surface area contributed by atoms with Gasteiger partial charge in [-0.1, -0.05) is 13.0 Å². The molecule has 2 aromatic rings. The minimum absolute atomic E-state index is 0.0618. The van der Waals surface area contributed by atoms with Crippen LogP contribution in [0, 0.1) is 6.92 Å². The van der Waals surface area contributed by atoms with Gasteiger partial charge in [-0.2, -0.15) is 0 Å². The molecule has 1 N–H and O–H groups in total. The van der Waals surface area contributed by atoms with Gasteiger partial charge < -0.3 is 5.32 Å². The fourth-order valence-corrected chi connectivity index (χ4v) is 1.79. The van der Waals surface area contributed by atoms with Gasteiger partial charge in [0.1, 0.15) is 0 Å². The van der Waals surface area contributed by atoms with Gasteiger partial charge in [-0.15, -0.1) is 0 Å². The van der Waals surface area contributed by atoms with E-state index in [1.54, 1.807) is 18.6 Å². The van der Waals surface area contributed by atoms with Crippen molar-refractivity contribution in [3.8, 4) is 0 Å². The predicted molar refractivity (Wildman–Crippen MR) is 71.1 cm³/mol. The number of pyridine rings is 1. The Morgan fingerprint density at radius 3 is 2.67 bits per heavy atom. The van der Waals surface area contributed by atoms with Crippen LogP contribution in [-0.2, 0) is 0 Å². The van der Waals surface area contributed by atoms with Crippen LogP contribution in [0.25, 0.3) is 0 Å². The van der Waals surface area contributed by atoms with Crippen molar-refractivity contribution < 1.29 is 0 Å². The molecule has 0 saturated heterocycles. The van der Waals surface area contributed by atoms with Crippen LogP contribution in [0.15, 0.2) is 36.9 Å². The Balaban J connectivity index is 2.27. The van der Waals surface area contributed by atoms with Gasteiger partial charge in [0.05, 0.1) is 17.9 Å². The van der Waals surface area contributed by atoms with E-state index in [4.69, 9.17) is 0 Å². The highest BCUT2D eigenvalue weighted by Gasteiger charge is 2.14. The Kier molecular flexibility index (Phi) is 4.36. The first kappa shape index (κ1) is 12.6. The molecular weight excluding hydrogens is 224 g/mol. The lowest BCUT2D eigenvalue weighted by Gasteiger charge is -2.17. The first-order valence-electron chi connectivity index (χ1n) is 6.23. The second kappa shape index (κ2) is 6.21. The molecule has 0 aliphatic rings. The lowest BCUT2D eigenvalue weighted by molar-refractivity contribution is 0.582. The number of aromatic nitrogens is 3. The normalized spacial score (nSPS) is 12.3. The first-order chi connectivity index (χ1) is 8.81. The first-order valence-corrected chi connectivity index (χ1v) is 6.23. The molecule has 94 valence electrons. The van der Waals surface area contributed by atoms with E-state index in [9.17, 15) is 0 Å². The van der Waals surface area contributed by atoms with Crippen molar-refractivity contribution in [1.82, 2.24) is 20.3 Å². The summed E-state index contributed by atoms with van der Waals surface area (Å²) in [7, 11) is 0. The molecule has 0 spiro atoms. The molecule has 0 aliphatic heterocycles. The van der Waals surface area contributed by atoms with Crippen molar-refractivity contribution in [2.24, 2.45) is 0 Å². The monoisotopic (exact) mass is 242 g/mol. The molecule has 0 fully saturated rings. The summed E-state index contributed by atoms with van der Waals surface area (Å²) in [6, 6.07) is 4.17. The summed E-state index contributed by atoms with van der Waals surface area (Å²) in [6.07, 6.45) is 8.19. The smallest absolute Gasteiger partial charge is 0.0802 e. The maximum Gasteiger partial charge on any atom is 0.0802 e. The van der Waals surface area contributed by atoms with Crippen LogP contribution in [0.1, 0.15) is 36.3 Å². The molecule has 0 bridgehead atoms. The van der Waals surface area contributed by atoms with E-state index in [2.05, 4.69) is 33.3 Å². The zero-order valence-electron chi connectivity index (χ0n) is 10.8.